The first-order valence-electron chi connectivity index (χ1n) is 13.8. The number of fused-ring (bicyclic) bond motifs is 5. The lowest BCUT2D eigenvalue weighted by Gasteiger charge is -2.49. The highest BCUT2D eigenvalue weighted by molar-refractivity contribution is 5.85. The molecular formula is C27H45Cl2N3O3. The number of halogens is 2. The summed E-state index contributed by atoms with van der Waals surface area (Å²) < 4.78 is 5.87. The van der Waals surface area contributed by atoms with Gasteiger partial charge >= 0.3 is 5.97 Å². The van der Waals surface area contributed by atoms with Gasteiger partial charge in [-0.2, -0.15) is 0 Å². The van der Waals surface area contributed by atoms with Gasteiger partial charge in [-0.15, -0.1) is 24.8 Å². The molecule has 6 atom stereocenters. The largest absolute Gasteiger partial charge is 0.462 e. The van der Waals surface area contributed by atoms with Crippen LogP contribution in [-0.2, 0) is 14.3 Å². The average molecular weight is 531 g/mol. The molecule has 1 amide bonds. The number of ether oxygens (including phenoxy) is 1. The van der Waals surface area contributed by atoms with Crippen LogP contribution in [0.5, 0.6) is 0 Å². The van der Waals surface area contributed by atoms with E-state index >= 15 is 0 Å². The summed E-state index contributed by atoms with van der Waals surface area (Å²) in [6, 6.07) is 0. The van der Waals surface area contributed by atoms with Crippen molar-refractivity contribution in [3.63, 3.8) is 0 Å². The van der Waals surface area contributed by atoms with Gasteiger partial charge in [-0.25, -0.2) is 0 Å². The molecule has 0 bridgehead atoms. The summed E-state index contributed by atoms with van der Waals surface area (Å²) in [6.45, 7) is 4.87. The van der Waals surface area contributed by atoms with Gasteiger partial charge in [0.2, 0.25) is 5.91 Å². The van der Waals surface area contributed by atoms with E-state index in [1.54, 1.807) is 5.57 Å². The van der Waals surface area contributed by atoms with Crippen molar-refractivity contribution in [2.75, 3.05) is 39.3 Å². The molecule has 2 N–H and O–H groups in total. The van der Waals surface area contributed by atoms with Crippen LogP contribution >= 0.6 is 24.8 Å². The lowest BCUT2D eigenvalue weighted by molar-refractivity contribution is -0.152. The van der Waals surface area contributed by atoms with E-state index in [9.17, 15) is 9.59 Å². The smallest absolute Gasteiger partial charge is 0.306 e. The van der Waals surface area contributed by atoms with Crippen molar-refractivity contribution < 1.29 is 14.3 Å². The molecule has 8 heteroatoms. The predicted molar refractivity (Wildman–Crippen MR) is 143 cm³/mol. The van der Waals surface area contributed by atoms with Gasteiger partial charge in [0.15, 0.2) is 0 Å². The van der Waals surface area contributed by atoms with E-state index in [2.05, 4.69) is 16.7 Å². The monoisotopic (exact) mass is 529 g/mol. The Kier molecular flexibility index (Phi) is 11.2. The van der Waals surface area contributed by atoms with Crippen molar-refractivity contribution in [1.82, 2.24) is 15.5 Å². The molecule has 0 aromatic rings. The van der Waals surface area contributed by atoms with Crippen LogP contribution in [0, 0.1) is 29.6 Å². The molecule has 4 fully saturated rings. The Morgan fingerprint density at radius 3 is 2.40 bits per heavy atom. The molecule has 200 valence electrons. The summed E-state index contributed by atoms with van der Waals surface area (Å²) in [7, 11) is 0. The van der Waals surface area contributed by atoms with Crippen LogP contribution in [0.4, 0.5) is 0 Å². The van der Waals surface area contributed by atoms with Gasteiger partial charge in [0.05, 0.1) is 6.42 Å². The maximum Gasteiger partial charge on any atom is 0.306 e. The van der Waals surface area contributed by atoms with Crippen molar-refractivity contribution in [2.45, 2.75) is 76.7 Å². The number of nitrogens with zero attached hydrogens (tertiary/aromatic N) is 1. The molecule has 3 saturated carbocycles. The van der Waals surface area contributed by atoms with Crippen LogP contribution in [0.3, 0.4) is 0 Å². The Morgan fingerprint density at radius 1 is 0.857 bits per heavy atom. The zero-order chi connectivity index (χ0) is 22.6. The highest BCUT2D eigenvalue weighted by Crippen LogP contribution is 2.56. The number of allylic oxidation sites excluding steroid dienone is 1. The fourth-order valence-electron chi connectivity index (χ4n) is 7.78. The molecule has 1 heterocycles. The van der Waals surface area contributed by atoms with Gasteiger partial charge in [-0.05, 0) is 68.1 Å². The van der Waals surface area contributed by atoms with Gasteiger partial charge in [0, 0.05) is 52.1 Å². The average Bonchev–Trinajstić information content (AvgIpc) is 3.35. The normalized spacial score (nSPS) is 34.7. The Hall–Kier alpha value is -0.820. The van der Waals surface area contributed by atoms with Crippen LogP contribution < -0.4 is 10.6 Å². The molecule has 0 radical (unpaired) electrons. The van der Waals surface area contributed by atoms with Crippen LogP contribution in [0.2, 0.25) is 0 Å². The van der Waals surface area contributed by atoms with Crippen molar-refractivity contribution in [3.05, 3.63) is 11.6 Å². The van der Waals surface area contributed by atoms with Gasteiger partial charge in [0.25, 0.3) is 0 Å². The minimum atomic E-state index is -0.201. The lowest BCUT2D eigenvalue weighted by Crippen LogP contribution is -2.41. The van der Waals surface area contributed by atoms with Crippen molar-refractivity contribution in [1.29, 1.82) is 0 Å². The van der Waals surface area contributed by atoms with Crippen LogP contribution in [-0.4, -0.2) is 62.1 Å². The summed E-state index contributed by atoms with van der Waals surface area (Å²) >= 11 is 0. The lowest BCUT2D eigenvalue weighted by atomic mass is 9.57. The number of nitrogens with one attached hydrogen (secondary N) is 2. The van der Waals surface area contributed by atoms with Crippen LogP contribution in [0.25, 0.3) is 0 Å². The molecular weight excluding hydrogens is 485 g/mol. The standard InChI is InChI=1S/C27H43N3O3.2ClH/c31-26(30-16-14-28-12-13-29-15-17-30)10-11-27(32)33-21-6-9-23-20(18-21)5-8-24-22-3-1-2-19(22)4-7-25(23)24;;/h5,19,21-25,28-29H,1-4,6-18H2;2*1H. The first-order valence-corrected chi connectivity index (χ1v) is 13.8. The fraction of sp³-hybridized carbons (Fsp3) is 0.852. The number of rotatable bonds is 4. The Bertz CT molecular complexity index is 739. The maximum absolute atomic E-state index is 12.6. The van der Waals surface area contributed by atoms with E-state index in [4.69, 9.17) is 4.74 Å². The highest BCUT2D eigenvalue weighted by atomic mass is 35.5. The molecule has 0 spiro atoms. The SMILES string of the molecule is Cl.Cl.O=C(CCC(=O)N1CCNCCNCC1)OC1CCC2C(=CCC3C4CCCC4CCC23)C1. The Morgan fingerprint density at radius 2 is 1.63 bits per heavy atom. The first kappa shape index (κ1) is 28.7. The molecule has 1 aliphatic heterocycles. The third-order valence-corrected chi connectivity index (χ3v) is 9.39. The quantitative estimate of drug-likeness (QED) is 0.423. The highest BCUT2D eigenvalue weighted by Gasteiger charge is 2.47. The molecule has 5 aliphatic rings. The third kappa shape index (κ3) is 6.94. The van der Waals surface area contributed by atoms with Crippen molar-refractivity contribution in [2.24, 2.45) is 29.6 Å². The van der Waals surface area contributed by atoms with E-state index < -0.39 is 0 Å². The van der Waals surface area contributed by atoms with Crippen molar-refractivity contribution >= 4 is 36.7 Å². The molecule has 35 heavy (non-hydrogen) atoms. The molecule has 5 rings (SSSR count). The fourth-order valence-corrected chi connectivity index (χ4v) is 7.78. The molecule has 6 unspecified atom stereocenters. The Labute approximate surface area is 223 Å². The van der Waals surface area contributed by atoms with Crippen LogP contribution in [0.1, 0.15) is 70.6 Å². The van der Waals surface area contributed by atoms with Gasteiger partial charge < -0.3 is 20.3 Å². The summed E-state index contributed by atoms with van der Waals surface area (Å²) in [5.74, 6) is 4.39. The van der Waals surface area contributed by atoms with Gasteiger partial charge in [-0.3, -0.25) is 9.59 Å². The van der Waals surface area contributed by atoms with E-state index in [0.717, 1.165) is 68.6 Å². The number of hydrogen-bond acceptors (Lipinski definition) is 5. The number of esters is 1. The summed E-state index contributed by atoms with van der Waals surface area (Å²) in [4.78, 5) is 27.0. The molecule has 1 saturated heterocycles. The minimum Gasteiger partial charge on any atom is -0.462 e. The number of amides is 1. The van der Waals surface area contributed by atoms with Crippen molar-refractivity contribution in [3.8, 4) is 0 Å². The minimum absolute atomic E-state index is 0. The van der Waals surface area contributed by atoms with E-state index in [0.29, 0.717) is 13.1 Å². The summed E-state index contributed by atoms with van der Waals surface area (Å²) in [5, 5.41) is 6.66. The summed E-state index contributed by atoms with van der Waals surface area (Å²) in [6.07, 6.45) is 14.6. The van der Waals surface area contributed by atoms with Gasteiger partial charge in [0.1, 0.15) is 6.10 Å². The second kappa shape index (κ2) is 13.6. The molecule has 4 aliphatic carbocycles. The molecule has 6 nitrogen and oxygen atoms in total. The van der Waals surface area contributed by atoms with Crippen LogP contribution in [0.15, 0.2) is 11.6 Å². The Balaban J connectivity index is 0.00000171. The third-order valence-electron chi connectivity index (χ3n) is 9.39. The maximum atomic E-state index is 12.6. The number of carbonyl (C=O) groups is 2. The van der Waals surface area contributed by atoms with E-state index in [-0.39, 0.29) is 55.6 Å². The second-order valence-corrected chi connectivity index (χ2v) is 11.2. The topological polar surface area (TPSA) is 70.7 Å². The van der Waals surface area contributed by atoms with E-state index in [1.807, 2.05) is 4.90 Å². The molecule has 0 aromatic heterocycles. The molecule has 0 aromatic carbocycles. The zero-order valence-corrected chi connectivity index (χ0v) is 22.7. The van der Waals surface area contributed by atoms with Gasteiger partial charge in [-0.1, -0.05) is 24.5 Å². The zero-order valence-electron chi connectivity index (χ0n) is 21.1. The number of carbonyl (C=O) groups excluding carboxylic acids is 2. The van der Waals surface area contributed by atoms with E-state index in [1.165, 1.54) is 44.9 Å². The first-order chi connectivity index (χ1) is 16.2. The predicted octanol–water partition coefficient (Wildman–Crippen LogP) is 4.12. The number of hydrogen-bond donors (Lipinski definition) is 2. The second-order valence-electron chi connectivity index (χ2n) is 11.2. The summed E-state index contributed by atoms with van der Waals surface area (Å²) in [5.41, 5.74) is 1.57.